The van der Waals surface area contributed by atoms with E-state index in [0.29, 0.717) is 27.9 Å². The molecule has 0 aliphatic heterocycles. The van der Waals surface area contributed by atoms with Crippen LogP contribution in [0.2, 0.25) is 0 Å². The Kier molecular flexibility index (Phi) is 7.30. The molecule has 4 rings (SSSR count). The zero-order valence-electron chi connectivity index (χ0n) is 19.9. The molecule has 0 spiro atoms. The van der Waals surface area contributed by atoms with Crippen molar-refractivity contribution in [2.75, 3.05) is 18.5 Å². The molecule has 0 saturated heterocycles. The van der Waals surface area contributed by atoms with Gasteiger partial charge in [0.15, 0.2) is 12.3 Å². The number of carbonyl (C=O) groups is 3. The Morgan fingerprint density at radius 3 is 2.57 bits per heavy atom. The minimum absolute atomic E-state index is 0.0315. The van der Waals surface area contributed by atoms with E-state index in [-0.39, 0.29) is 23.8 Å². The fraction of sp³-hybridized carbons (Fsp3) is 0.400. The number of benzene rings is 1. The van der Waals surface area contributed by atoms with E-state index >= 15 is 0 Å². The third kappa shape index (κ3) is 5.12. The van der Waals surface area contributed by atoms with Crippen molar-refractivity contribution in [3.63, 3.8) is 0 Å². The molecular weight excluding hydrogens is 470 g/mol. The lowest BCUT2D eigenvalue weighted by atomic mass is 10.1. The lowest BCUT2D eigenvalue weighted by Gasteiger charge is -2.12. The van der Waals surface area contributed by atoms with E-state index in [1.54, 1.807) is 31.2 Å². The van der Waals surface area contributed by atoms with Crippen LogP contribution in [-0.2, 0) is 33.7 Å². The number of carbonyl (C=O) groups excluding carboxylic acids is 3. The van der Waals surface area contributed by atoms with Gasteiger partial charge in [0.2, 0.25) is 0 Å². The molecule has 0 bridgehead atoms. The van der Waals surface area contributed by atoms with Crippen molar-refractivity contribution in [1.29, 1.82) is 0 Å². The summed E-state index contributed by atoms with van der Waals surface area (Å²) in [5.74, 6) is -1.73. The highest BCUT2D eigenvalue weighted by molar-refractivity contribution is 7.17. The monoisotopic (exact) mass is 497 g/mol. The van der Waals surface area contributed by atoms with E-state index in [0.717, 1.165) is 29.7 Å². The van der Waals surface area contributed by atoms with E-state index in [2.05, 4.69) is 10.4 Å². The van der Waals surface area contributed by atoms with Crippen LogP contribution in [0.4, 0.5) is 5.00 Å². The van der Waals surface area contributed by atoms with Crippen LogP contribution in [-0.4, -0.2) is 40.8 Å². The molecule has 35 heavy (non-hydrogen) atoms. The van der Waals surface area contributed by atoms with Crippen LogP contribution in [0.3, 0.4) is 0 Å². The summed E-state index contributed by atoms with van der Waals surface area (Å²) >= 11 is 1.35. The van der Waals surface area contributed by atoms with Gasteiger partial charge in [0, 0.05) is 16.8 Å². The first kappa shape index (κ1) is 24.6. The Balaban J connectivity index is 1.52. The molecule has 2 heterocycles. The first-order valence-corrected chi connectivity index (χ1v) is 12.4. The van der Waals surface area contributed by atoms with Gasteiger partial charge < -0.3 is 14.8 Å². The highest BCUT2D eigenvalue weighted by Crippen LogP contribution is 2.39. The SMILES string of the molecule is CCOC(=O)c1c(NC(=O)COC(=O)c2nn(CC(C)C)c(=O)c3ccccc23)sc2c1CCC2. The lowest BCUT2D eigenvalue weighted by molar-refractivity contribution is -0.119. The maximum atomic E-state index is 12.9. The second-order valence-electron chi connectivity index (χ2n) is 8.68. The Labute approximate surface area is 206 Å². The van der Waals surface area contributed by atoms with Crippen LogP contribution in [0.5, 0.6) is 0 Å². The fourth-order valence-electron chi connectivity index (χ4n) is 4.13. The number of rotatable bonds is 8. The predicted octanol–water partition coefficient (Wildman–Crippen LogP) is 3.57. The molecule has 184 valence electrons. The number of aromatic nitrogens is 2. The van der Waals surface area contributed by atoms with Gasteiger partial charge in [0.1, 0.15) is 5.00 Å². The molecule has 1 amide bonds. The summed E-state index contributed by atoms with van der Waals surface area (Å²) in [5, 5.41) is 8.05. The molecule has 0 atom stereocenters. The highest BCUT2D eigenvalue weighted by Gasteiger charge is 2.28. The maximum absolute atomic E-state index is 12.9. The molecule has 1 aromatic carbocycles. The zero-order valence-corrected chi connectivity index (χ0v) is 20.7. The standard InChI is InChI=1S/C25H27N3O6S/c1-4-33-24(31)20-17-10-7-11-18(17)35-22(20)26-19(29)13-34-25(32)21-15-8-5-6-9-16(15)23(30)28(27-21)12-14(2)3/h5-6,8-9,14H,4,7,10-13H2,1-3H3,(H,26,29). The largest absolute Gasteiger partial charge is 0.462 e. The second kappa shape index (κ2) is 10.4. The summed E-state index contributed by atoms with van der Waals surface area (Å²) in [6.07, 6.45) is 2.57. The third-order valence-electron chi connectivity index (χ3n) is 5.59. The normalized spacial score (nSPS) is 12.6. The van der Waals surface area contributed by atoms with E-state index in [9.17, 15) is 19.2 Å². The molecule has 0 radical (unpaired) electrons. The lowest BCUT2D eigenvalue weighted by Crippen LogP contribution is -2.29. The van der Waals surface area contributed by atoms with Gasteiger partial charge in [-0.15, -0.1) is 11.3 Å². The zero-order chi connectivity index (χ0) is 25.1. The molecule has 1 N–H and O–H groups in total. The van der Waals surface area contributed by atoms with Gasteiger partial charge in [-0.3, -0.25) is 9.59 Å². The molecular formula is C25H27N3O6S. The van der Waals surface area contributed by atoms with Gasteiger partial charge in [-0.2, -0.15) is 5.10 Å². The van der Waals surface area contributed by atoms with Crippen molar-refractivity contribution < 1.29 is 23.9 Å². The predicted molar refractivity (Wildman–Crippen MR) is 132 cm³/mol. The number of anilines is 1. The van der Waals surface area contributed by atoms with Gasteiger partial charge in [-0.1, -0.05) is 32.0 Å². The van der Waals surface area contributed by atoms with Crippen molar-refractivity contribution >= 4 is 45.0 Å². The van der Waals surface area contributed by atoms with Crippen LogP contribution in [0.1, 0.15) is 58.5 Å². The number of ether oxygens (including phenoxy) is 2. The smallest absolute Gasteiger partial charge is 0.359 e. The number of amides is 1. The van der Waals surface area contributed by atoms with Crippen LogP contribution >= 0.6 is 11.3 Å². The summed E-state index contributed by atoms with van der Waals surface area (Å²) in [4.78, 5) is 51.8. The first-order chi connectivity index (χ1) is 16.8. The molecule has 2 aromatic heterocycles. The average molecular weight is 498 g/mol. The quantitative estimate of drug-likeness (QED) is 0.473. The number of nitrogens with zero attached hydrogens (tertiary/aromatic N) is 2. The molecule has 1 aliphatic carbocycles. The molecule has 1 aliphatic rings. The first-order valence-electron chi connectivity index (χ1n) is 11.6. The van der Waals surface area contributed by atoms with Crippen molar-refractivity contribution in [3.8, 4) is 0 Å². The van der Waals surface area contributed by atoms with E-state index in [4.69, 9.17) is 9.47 Å². The van der Waals surface area contributed by atoms with Crippen LogP contribution in [0, 0.1) is 5.92 Å². The number of fused-ring (bicyclic) bond motifs is 2. The Hall–Kier alpha value is -3.53. The van der Waals surface area contributed by atoms with Crippen LogP contribution in [0.15, 0.2) is 29.1 Å². The Morgan fingerprint density at radius 2 is 1.86 bits per heavy atom. The van der Waals surface area contributed by atoms with Crippen LogP contribution < -0.4 is 10.9 Å². The van der Waals surface area contributed by atoms with Gasteiger partial charge in [-0.05, 0) is 43.7 Å². The summed E-state index contributed by atoms with van der Waals surface area (Å²) < 4.78 is 11.7. The van der Waals surface area contributed by atoms with Crippen molar-refractivity contribution in [3.05, 3.63) is 56.3 Å². The molecule has 0 unspecified atom stereocenters. The summed E-state index contributed by atoms with van der Waals surface area (Å²) in [6, 6.07) is 6.67. The Bertz CT molecular complexity index is 1360. The van der Waals surface area contributed by atoms with Crippen molar-refractivity contribution in [2.45, 2.75) is 46.6 Å². The summed E-state index contributed by atoms with van der Waals surface area (Å²) in [7, 11) is 0. The number of esters is 2. The second-order valence-corrected chi connectivity index (χ2v) is 9.79. The molecule has 0 fully saturated rings. The van der Waals surface area contributed by atoms with Gasteiger partial charge >= 0.3 is 11.9 Å². The summed E-state index contributed by atoms with van der Waals surface area (Å²) in [6.45, 7) is 5.61. The minimum Gasteiger partial charge on any atom is -0.462 e. The number of aryl methyl sites for hydroxylation is 1. The van der Waals surface area contributed by atoms with E-state index in [1.807, 2.05) is 13.8 Å². The average Bonchev–Trinajstić information content (AvgIpc) is 3.40. The molecule has 0 saturated carbocycles. The number of hydrogen-bond acceptors (Lipinski definition) is 8. The Morgan fingerprint density at radius 1 is 1.11 bits per heavy atom. The molecule has 3 aromatic rings. The molecule has 9 nitrogen and oxygen atoms in total. The van der Waals surface area contributed by atoms with Crippen molar-refractivity contribution in [1.82, 2.24) is 9.78 Å². The summed E-state index contributed by atoms with van der Waals surface area (Å²) in [5.41, 5.74) is 0.984. The van der Waals surface area contributed by atoms with E-state index < -0.39 is 24.5 Å². The number of nitrogens with one attached hydrogen (secondary N) is 1. The van der Waals surface area contributed by atoms with Gasteiger partial charge in [-0.25, -0.2) is 14.3 Å². The minimum atomic E-state index is -0.812. The fourth-order valence-corrected chi connectivity index (χ4v) is 5.42. The number of thiophene rings is 1. The number of hydrogen-bond donors (Lipinski definition) is 1. The van der Waals surface area contributed by atoms with E-state index in [1.165, 1.54) is 16.0 Å². The van der Waals surface area contributed by atoms with Crippen molar-refractivity contribution in [2.24, 2.45) is 5.92 Å². The topological polar surface area (TPSA) is 117 Å². The van der Waals surface area contributed by atoms with Gasteiger partial charge in [0.05, 0.1) is 17.6 Å². The van der Waals surface area contributed by atoms with Crippen LogP contribution in [0.25, 0.3) is 10.8 Å². The van der Waals surface area contributed by atoms with Gasteiger partial charge in [0.25, 0.3) is 11.5 Å². The third-order valence-corrected chi connectivity index (χ3v) is 6.79. The highest BCUT2D eigenvalue weighted by atomic mass is 32.1. The maximum Gasteiger partial charge on any atom is 0.359 e. The molecule has 10 heteroatoms.